The molecule has 1 saturated heterocycles. The summed E-state index contributed by atoms with van der Waals surface area (Å²) in [4.78, 5) is 0. The summed E-state index contributed by atoms with van der Waals surface area (Å²) in [5, 5.41) is 3.88. The Balaban J connectivity index is 1.78. The zero-order valence-corrected chi connectivity index (χ0v) is 10.9. The fourth-order valence-electron chi connectivity index (χ4n) is 3.49. The molecule has 0 bridgehead atoms. The Morgan fingerprint density at radius 2 is 1.62 bits per heavy atom. The van der Waals surface area contributed by atoms with E-state index >= 15 is 0 Å². The van der Waals surface area contributed by atoms with Gasteiger partial charge in [-0.2, -0.15) is 0 Å². The molecule has 2 aliphatic rings. The van der Waals surface area contributed by atoms with Crippen LogP contribution < -0.4 is 5.32 Å². The number of rotatable bonds is 2. The van der Waals surface area contributed by atoms with Gasteiger partial charge in [0.2, 0.25) is 0 Å². The average molecular weight is 225 g/mol. The van der Waals surface area contributed by atoms with E-state index in [0.717, 1.165) is 31.1 Å². The minimum Gasteiger partial charge on any atom is -0.381 e. The minimum atomic E-state index is 0.713. The van der Waals surface area contributed by atoms with Crippen molar-refractivity contribution in [2.75, 3.05) is 13.2 Å². The number of hydrogen-bond acceptors (Lipinski definition) is 2. The van der Waals surface area contributed by atoms with E-state index in [1.165, 1.54) is 38.5 Å². The predicted octanol–water partition coefficient (Wildman–Crippen LogP) is 2.97. The highest BCUT2D eigenvalue weighted by atomic mass is 16.5. The van der Waals surface area contributed by atoms with Crippen molar-refractivity contribution in [2.24, 2.45) is 11.8 Å². The van der Waals surface area contributed by atoms with Gasteiger partial charge in [0.15, 0.2) is 0 Å². The van der Waals surface area contributed by atoms with Gasteiger partial charge in [-0.25, -0.2) is 0 Å². The molecule has 1 aliphatic carbocycles. The second-order valence-electron chi connectivity index (χ2n) is 6.02. The average Bonchev–Trinajstić information content (AvgIpc) is 2.44. The first-order valence-corrected chi connectivity index (χ1v) is 7.08. The number of ether oxygens (including phenoxy) is 1. The van der Waals surface area contributed by atoms with Gasteiger partial charge in [-0.3, -0.25) is 0 Å². The minimum absolute atomic E-state index is 0.713. The van der Waals surface area contributed by atoms with Crippen LogP contribution in [0.15, 0.2) is 0 Å². The van der Waals surface area contributed by atoms with E-state index in [-0.39, 0.29) is 0 Å². The van der Waals surface area contributed by atoms with Crippen LogP contribution in [0.2, 0.25) is 0 Å². The van der Waals surface area contributed by atoms with Gasteiger partial charge in [-0.05, 0) is 50.4 Å². The highest BCUT2D eigenvalue weighted by Gasteiger charge is 2.25. The maximum Gasteiger partial charge on any atom is 0.0480 e. The van der Waals surface area contributed by atoms with Crippen molar-refractivity contribution in [2.45, 2.75) is 64.5 Å². The Bertz CT molecular complexity index is 189. The molecule has 2 nitrogen and oxygen atoms in total. The highest BCUT2D eigenvalue weighted by Crippen LogP contribution is 2.29. The molecule has 0 spiro atoms. The Morgan fingerprint density at radius 3 is 2.38 bits per heavy atom. The van der Waals surface area contributed by atoms with E-state index in [4.69, 9.17) is 4.74 Å². The molecule has 1 N–H and O–H groups in total. The highest BCUT2D eigenvalue weighted by molar-refractivity contribution is 4.83. The smallest absolute Gasteiger partial charge is 0.0480 e. The van der Waals surface area contributed by atoms with Gasteiger partial charge in [-0.15, -0.1) is 0 Å². The second-order valence-corrected chi connectivity index (χ2v) is 6.02. The quantitative estimate of drug-likeness (QED) is 0.780. The van der Waals surface area contributed by atoms with Gasteiger partial charge in [0.25, 0.3) is 0 Å². The van der Waals surface area contributed by atoms with E-state index in [9.17, 15) is 0 Å². The molecule has 0 radical (unpaired) electrons. The largest absolute Gasteiger partial charge is 0.381 e. The third-order valence-corrected chi connectivity index (χ3v) is 4.10. The second kappa shape index (κ2) is 6.02. The molecule has 0 amide bonds. The SMILES string of the molecule is CC1CC(C)CC(NC2CCCOCC2)C1. The summed E-state index contributed by atoms with van der Waals surface area (Å²) in [6.07, 6.45) is 7.92. The van der Waals surface area contributed by atoms with Crippen LogP contribution >= 0.6 is 0 Å². The Morgan fingerprint density at radius 1 is 0.875 bits per heavy atom. The van der Waals surface area contributed by atoms with Crippen molar-refractivity contribution in [3.8, 4) is 0 Å². The maximum atomic E-state index is 5.52. The molecule has 0 aromatic heterocycles. The molecule has 2 heteroatoms. The van der Waals surface area contributed by atoms with E-state index in [2.05, 4.69) is 19.2 Å². The van der Waals surface area contributed by atoms with Crippen LogP contribution in [0.25, 0.3) is 0 Å². The van der Waals surface area contributed by atoms with Crippen LogP contribution in [0.5, 0.6) is 0 Å². The lowest BCUT2D eigenvalue weighted by Crippen LogP contribution is -2.42. The lowest BCUT2D eigenvalue weighted by atomic mass is 9.80. The fraction of sp³-hybridized carbons (Fsp3) is 1.00. The van der Waals surface area contributed by atoms with Crippen LogP contribution in [0.1, 0.15) is 52.4 Å². The molecule has 1 heterocycles. The molecule has 3 unspecified atom stereocenters. The molecule has 1 saturated carbocycles. The third kappa shape index (κ3) is 3.74. The molecule has 2 fully saturated rings. The standard InChI is InChI=1S/C14H27NO/c1-11-8-12(2)10-14(9-11)15-13-4-3-6-16-7-5-13/h11-15H,3-10H2,1-2H3. The summed E-state index contributed by atoms with van der Waals surface area (Å²) in [7, 11) is 0. The summed E-state index contributed by atoms with van der Waals surface area (Å²) in [5.41, 5.74) is 0. The molecule has 2 rings (SSSR count). The van der Waals surface area contributed by atoms with Crippen molar-refractivity contribution in [1.29, 1.82) is 0 Å². The fourth-order valence-corrected chi connectivity index (χ4v) is 3.49. The van der Waals surface area contributed by atoms with Crippen LogP contribution in [0.3, 0.4) is 0 Å². The van der Waals surface area contributed by atoms with Crippen molar-refractivity contribution in [3.63, 3.8) is 0 Å². The summed E-state index contributed by atoms with van der Waals surface area (Å²) in [5.74, 6) is 1.81. The summed E-state index contributed by atoms with van der Waals surface area (Å²) in [6, 6.07) is 1.48. The number of nitrogens with one attached hydrogen (secondary N) is 1. The summed E-state index contributed by atoms with van der Waals surface area (Å²) >= 11 is 0. The molecule has 94 valence electrons. The van der Waals surface area contributed by atoms with Crippen molar-refractivity contribution in [3.05, 3.63) is 0 Å². The van der Waals surface area contributed by atoms with Crippen molar-refractivity contribution >= 4 is 0 Å². The summed E-state index contributed by atoms with van der Waals surface area (Å²) < 4.78 is 5.52. The molecule has 0 aromatic rings. The molecular weight excluding hydrogens is 198 g/mol. The van der Waals surface area contributed by atoms with Crippen molar-refractivity contribution in [1.82, 2.24) is 5.32 Å². The van der Waals surface area contributed by atoms with E-state index in [0.29, 0.717) is 6.04 Å². The van der Waals surface area contributed by atoms with Crippen LogP contribution in [-0.4, -0.2) is 25.3 Å². The lowest BCUT2D eigenvalue weighted by Gasteiger charge is -2.34. The van der Waals surface area contributed by atoms with Gasteiger partial charge < -0.3 is 10.1 Å². The zero-order valence-electron chi connectivity index (χ0n) is 10.9. The first-order chi connectivity index (χ1) is 7.74. The van der Waals surface area contributed by atoms with E-state index < -0.39 is 0 Å². The zero-order chi connectivity index (χ0) is 11.4. The normalized spacial score (nSPS) is 41.6. The first-order valence-electron chi connectivity index (χ1n) is 7.08. The van der Waals surface area contributed by atoms with E-state index in [1.54, 1.807) is 0 Å². The van der Waals surface area contributed by atoms with Gasteiger partial charge in [0.05, 0.1) is 0 Å². The lowest BCUT2D eigenvalue weighted by molar-refractivity contribution is 0.141. The van der Waals surface area contributed by atoms with E-state index in [1.807, 2.05) is 0 Å². The molecule has 3 atom stereocenters. The van der Waals surface area contributed by atoms with Gasteiger partial charge in [0, 0.05) is 25.3 Å². The Labute approximate surface area is 100 Å². The molecule has 16 heavy (non-hydrogen) atoms. The third-order valence-electron chi connectivity index (χ3n) is 4.10. The summed E-state index contributed by atoms with van der Waals surface area (Å²) in [6.45, 7) is 6.73. The topological polar surface area (TPSA) is 21.3 Å². The Kier molecular flexibility index (Phi) is 4.66. The van der Waals surface area contributed by atoms with Crippen LogP contribution in [-0.2, 0) is 4.74 Å². The predicted molar refractivity (Wildman–Crippen MR) is 67.6 cm³/mol. The van der Waals surface area contributed by atoms with Crippen molar-refractivity contribution < 1.29 is 4.74 Å². The van der Waals surface area contributed by atoms with Gasteiger partial charge in [0.1, 0.15) is 0 Å². The molecule has 0 aromatic carbocycles. The van der Waals surface area contributed by atoms with Crippen LogP contribution in [0.4, 0.5) is 0 Å². The number of hydrogen-bond donors (Lipinski definition) is 1. The van der Waals surface area contributed by atoms with Gasteiger partial charge >= 0.3 is 0 Å². The van der Waals surface area contributed by atoms with Crippen LogP contribution in [0, 0.1) is 11.8 Å². The monoisotopic (exact) mass is 225 g/mol. The first kappa shape index (κ1) is 12.4. The Hall–Kier alpha value is -0.0800. The van der Waals surface area contributed by atoms with Gasteiger partial charge in [-0.1, -0.05) is 13.8 Å². The molecule has 1 aliphatic heterocycles. The maximum absolute atomic E-state index is 5.52. The molecular formula is C14H27NO.